The van der Waals surface area contributed by atoms with Crippen molar-refractivity contribution >= 4 is 22.5 Å². The van der Waals surface area contributed by atoms with Gasteiger partial charge in [0.1, 0.15) is 5.69 Å². The van der Waals surface area contributed by atoms with Gasteiger partial charge in [-0.05, 0) is 24.3 Å². The number of β-amino-alcohol motifs (C(OH)–C–C–N with tert-alkyl or cyclic N) is 2. The van der Waals surface area contributed by atoms with Gasteiger partial charge in [0.25, 0.3) is 5.91 Å². The average Bonchev–Trinajstić information content (AvgIpc) is 2.92. The minimum absolute atomic E-state index is 0.150. The molecule has 1 aliphatic rings. The minimum Gasteiger partial charge on any atom is -0.399 e. The first-order valence-electron chi connectivity index (χ1n) is 6.08. The molecule has 6 nitrogen and oxygen atoms in total. The van der Waals surface area contributed by atoms with Gasteiger partial charge in [-0.15, -0.1) is 0 Å². The molecule has 0 aliphatic carbocycles. The van der Waals surface area contributed by atoms with Gasteiger partial charge in [-0.1, -0.05) is 0 Å². The molecule has 2 aromatic rings. The van der Waals surface area contributed by atoms with Crippen molar-refractivity contribution in [3.05, 3.63) is 30.0 Å². The third-order valence-corrected chi connectivity index (χ3v) is 3.42. The molecule has 0 bridgehead atoms. The first-order chi connectivity index (χ1) is 9.04. The summed E-state index contributed by atoms with van der Waals surface area (Å²) in [5.74, 6) is -0.231. The molecule has 19 heavy (non-hydrogen) atoms. The Morgan fingerprint density at radius 2 is 1.95 bits per heavy atom. The van der Waals surface area contributed by atoms with Crippen molar-refractivity contribution in [1.29, 1.82) is 0 Å². The van der Waals surface area contributed by atoms with E-state index in [2.05, 4.69) is 4.98 Å². The Balaban J connectivity index is 1.90. The lowest BCUT2D eigenvalue weighted by Crippen LogP contribution is -2.30. The molecule has 0 saturated carbocycles. The number of nitrogen functional groups attached to an aromatic ring is 1. The highest BCUT2D eigenvalue weighted by molar-refractivity contribution is 5.98. The van der Waals surface area contributed by atoms with E-state index in [4.69, 9.17) is 5.73 Å². The number of aliphatic hydroxyl groups is 2. The number of rotatable bonds is 1. The minimum atomic E-state index is -0.871. The number of nitrogens with two attached hydrogens (primary N) is 1. The summed E-state index contributed by atoms with van der Waals surface area (Å²) < 4.78 is 0. The predicted octanol–water partition coefficient (Wildman–Crippen LogP) is -0.0723. The number of aromatic amines is 1. The molecule has 0 radical (unpaired) electrons. The van der Waals surface area contributed by atoms with Gasteiger partial charge in [0.15, 0.2) is 0 Å². The molecular weight excluding hydrogens is 246 g/mol. The molecule has 0 spiro atoms. The molecule has 100 valence electrons. The molecule has 1 aliphatic heterocycles. The van der Waals surface area contributed by atoms with Crippen molar-refractivity contribution in [3.8, 4) is 0 Å². The fourth-order valence-electron chi connectivity index (χ4n) is 2.37. The topological polar surface area (TPSA) is 103 Å². The maximum absolute atomic E-state index is 12.2. The molecule has 2 heterocycles. The maximum atomic E-state index is 12.2. The molecule has 2 atom stereocenters. The Morgan fingerprint density at radius 3 is 2.63 bits per heavy atom. The van der Waals surface area contributed by atoms with Crippen molar-refractivity contribution in [2.45, 2.75) is 12.2 Å². The lowest BCUT2D eigenvalue weighted by molar-refractivity contribution is 0.0572. The Morgan fingerprint density at radius 1 is 1.26 bits per heavy atom. The number of carbonyl (C=O) groups is 1. The summed E-state index contributed by atoms with van der Waals surface area (Å²) in [7, 11) is 0. The number of aromatic nitrogens is 1. The largest absolute Gasteiger partial charge is 0.399 e. The van der Waals surface area contributed by atoms with Crippen molar-refractivity contribution in [3.63, 3.8) is 0 Å². The van der Waals surface area contributed by atoms with Gasteiger partial charge in [0.2, 0.25) is 0 Å². The zero-order valence-corrected chi connectivity index (χ0v) is 10.2. The standard InChI is InChI=1S/C13H15N3O3/c14-8-1-2-9-7(3-8)4-10(15-9)13(19)16-5-11(17)12(18)6-16/h1-4,11-12,15,17-18H,5-6,14H2/t11-,12+. The van der Waals surface area contributed by atoms with Gasteiger partial charge < -0.3 is 25.8 Å². The third-order valence-electron chi connectivity index (χ3n) is 3.42. The zero-order valence-electron chi connectivity index (χ0n) is 10.2. The van der Waals surface area contributed by atoms with Crippen LogP contribution in [-0.4, -0.2) is 51.3 Å². The van der Waals surface area contributed by atoms with Gasteiger partial charge in [-0.3, -0.25) is 4.79 Å². The quantitative estimate of drug-likeness (QED) is 0.539. The second kappa shape index (κ2) is 4.25. The fourth-order valence-corrected chi connectivity index (χ4v) is 2.37. The number of H-pyrrole nitrogens is 1. The van der Waals surface area contributed by atoms with Gasteiger partial charge in [-0.25, -0.2) is 0 Å². The van der Waals surface area contributed by atoms with Crippen LogP contribution in [-0.2, 0) is 0 Å². The highest BCUT2D eigenvalue weighted by atomic mass is 16.3. The number of carbonyl (C=O) groups excluding carboxylic acids is 1. The second-order valence-corrected chi connectivity index (χ2v) is 4.87. The van der Waals surface area contributed by atoms with E-state index >= 15 is 0 Å². The monoisotopic (exact) mass is 261 g/mol. The molecular formula is C13H15N3O3. The summed E-state index contributed by atoms with van der Waals surface area (Å²) in [6, 6.07) is 7.09. The van der Waals surface area contributed by atoms with Gasteiger partial charge >= 0.3 is 0 Å². The lowest BCUT2D eigenvalue weighted by atomic mass is 10.2. The van der Waals surface area contributed by atoms with Crippen LogP contribution >= 0.6 is 0 Å². The predicted molar refractivity (Wildman–Crippen MR) is 70.6 cm³/mol. The van der Waals surface area contributed by atoms with E-state index in [9.17, 15) is 15.0 Å². The highest BCUT2D eigenvalue weighted by Crippen LogP contribution is 2.20. The number of aliphatic hydroxyl groups excluding tert-OH is 2. The number of benzene rings is 1. The molecule has 0 unspecified atom stereocenters. The van der Waals surface area contributed by atoms with Crippen LogP contribution < -0.4 is 5.73 Å². The molecule has 1 amide bonds. The summed E-state index contributed by atoms with van der Waals surface area (Å²) in [6.45, 7) is 0.301. The van der Waals surface area contributed by atoms with Crippen molar-refractivity contribution in [2.24, 2.45) is 0 Å². The van der Waals surface area contributed by atoms with E-state index in [0.29, 0.717) is 11.4 Å². The smallest absolute Gasteiger partial charge is 0.270 e. The van der Waals surface area contributed by atoms with E-state index in [-0.39, 0.29) is 19.0 Å². The normalized spacial score (nSPS) is 23.2. The second-order valence-electron chi connectivity index (χ2n) is 4.87. The van der Waals surface area contributed by atoms with Crippen LogP contribution in [0.15, 0.2) is 24.3 Å². The maximum Gasteiger partial charge on any atom is 0.270 e. The number of amides is 1. The third kappa shape index (κ3) is 2.05. The van der Waals surface area contributed by atoms with Crippen LogP contribution in [0.4, 0.5) is 5.69 Å². The van der Waals surface area contributed by atoms with E-state index in [1.54, 1.807) is 18.2 Å². The number of anilines is 1. The molecule has 1 aromatic heterocycles. The fraction of sp³-hybridized carbons (Fsp3) is 0.308. The SMILES string of the molecule is Nc1ccc2[nH]c(C(=O)N3C[C@@H](O)[C@@H](O)C3)cc2c1. The van der Waals surface area contributed by atoms with Crippen molar-refractivity contribution in [1.82, 2.24) is 9.88 Å². The van der Waals surface area contributed by atoms with E-state index in [0.717, 1.165) is 10.9 Å². The number of hydrogen-bond acceptors (Lipinski definition) is 4. The molecule has 3 rings (SSSR count). The zero-order chi connectivity index (χ0) is 13.6. The molecule has 6 heteroatoms. The summed E-state index contributed by atoms with van der Waals surface area (Å²) in [5.41, 5.74) is 7.59. The Hall–Kier alpha value is -2.05. The van der Waals surface area contributed by atoms with Gasteiger partial charge in [-0.2, -0.15) is 0 Å². The number of fused-ring (bicyclic) bond motifs is 1. The van der Waals surface area contributed by atoms with E-state index in [1.165, 1.54) is 4.90 Å². The van der Waals surface area contributed by atoms with E-state index in [1.807, 2.05) is 6.07 Å². The summed E-state index contributed by atoms with van der Waals surface area (Å²) in [6.07, 6.45) is -1.74. The van der Waals surface area contributed by atoms with Gasteiger partial charge in [0.05, 0.1) is 12.2 Å². The summed E-state index contributed by atoms with van der Waals surface area (Å²) in [4.78, 5) is 16.7. The van der Waals surface area contributed by atoms with Crippen molar-refractivity contribution in [2.75, 3.05) is 18.8 Å². The number of hydrogen-bond donors (Lipinski definition) is 4. The van der Waals surface area contributed by atoms with Crippen LogP contribution in [0.3, 0.4) is 0 Å². The first-order valence-corrected chi connectivity index (χ1v) is 6.08. The molecule has 1 aromatic carbocycles. The average molecular weight is 261 g/mol. The van der Waals surface area contributed by atoms with Crippen molar-refractivity contribution < 1.29 is 15.0 Å². The van der Waals surface area contributed by atoms with Gasteiger partial charge in [0, 0.05) is 29.7 Å². The molecule has 5 N–H and O–H groups in total. The molecule has 1 fully saturated rings. The molecule has 1 saturated heterocycles. The van der Waals surface area contributed by atoms with Crippen LogP contribution in [0.5, 0.6) is 0 Å². The van der Waals surface area contributed by atoms with Crippen LogP contribution in [0, 0.1) is 0 Å². The Labute approximate surface area is 109 Å². The number of likely N-dealkylation sites (tertiary alicyclic amines) is 1. The Bertz CT molecular complexity index is 627. The van der Waals surface area contributed by atoms with Crippen LogP contribution in [0.1, 0.15) is 10.5 Å². The Kier molecular flexibility index (Phi) is 2.69. The highest BCUT2D eigenvalue weighted by Gasteiger charge is 2.33. The summed E-state index contributed by atoms with van der Waals surface area (Å²) in [5, 5.41) is 19.8. The van der Waals surface area contributed by atoms with E-state index < -0.39 is 12.2 Å². The van der Waals surface area contributed by atoms with Crippen LogP contribution in [0.2, 0.25) is 0 Å². The first kappa shape index (κ1) is 12.0. The summed E-state index contributed by atoms with van der Waals surface area (Å²) >= 11 is 0. The number of nitrogens with one attached hydrogen (secondary N) is 1. The van der Waals surface area contributed by atoms with Crippen LogP contribution in [0.25, 0.3) is 10.9 Å². The number of nitrogens with zero attached hydrogens (tertiary/aromatic N) is 1. The lowest BCUT2D eigenvalue weighted by Gasteiger charge is -2.13.